The highest BCUT2D eigenvalue weighted by Crippen LogP contribution is 2.39. The van der Waals surface area contributed by atoms with Crippen molar-refractivity contribution in [1.29, 1.82) is 5.26 Å². The van der Waals surface area contributed by atoms with E-state index in [9.17, 15) is 5.26 Å². The van der Waals surface area contributed by atoms with Crippen LogP contribution in [0, 0.1) is 11.3 Å². The van der Waals surface area contributed by atoms with Crippen molar-refractivity contribution in [3.63, 3.8) is 0 Å². The van der Waals surface area contributed by atoms with E-state index >= 15 is 0 Å². The monoisotopic (exact) mass is 278 g/mol. The van der Waals surface area contributed by atoms with Crippen LogP contribution in [0.15, 0.2) is 12.1 Å². The quantitative estimate of drug-likeness (QED) is 0.830. The number of nitrogens with one attached hydrogen (secondary N) is 1. The van der Waals surface area contributed by atoms with Crippen molar-refractivity contribution < 1.29 is 14.2 Å². The third-order valence-electron chi connectivity index (χ3n) is 3.21. The predicted octanol–water partition coefficient (Wildman–Crippen LogP) is 2.67. The van der Waals surface area contributed by atoms with Gasteiger partial charge in [-0.15, -0.1) is 0 Å². The molecule has 0 bridgehead atoms. The molecule has 0 heterocycles. The van der Waals surface area contributed by atoms with Gasteiger partial charge in [0.05, 0.1) is 27.4 Å². The largest absolute Gasteiger partial charge is 0.493 e. The highest BCUT2D eigenvalue weighted by Gasteiger charge is 2.19. The number of hydrogen-bond donors (Lipinski definition) is 1. The lowest BCUT2D eigenvalue weighted by atomic mass is 10.0. The number of nitrogens with zero attached hydrogens (tertiary/aromatic N) is 1. The molecule has 2 atom stereocenters. The molecule has 0 saturated heterocycles. The molecule has 0 amide bonds. The molecule has 5 heteroatoms. The molecule has 0 aliphatic rings. The van der Waals surface area contributed by atoms with Crippen molar-refractivity contribution in [3.05, 3.63) is 17.7 Å². The van der Waals surface area contributed by atoms with Crippen LogP contribution >= 0.6 is 0 Å². The highest BCUT2D eigenvalue weighted by atomic mass is 16.5. The Balaban J connectivity index is 3.20. The van der Waals surface area contributed by atoms with Crippen LogP contribution in [-0.2, 0) is 0 Å². The molecule has 1 aromatic carbocycles. The van der Waals surface area contributed by atoms with Crippen LogP contribution < -0.4 is 19.5 Å². The summed E-state index contributed by atoms with van der Waals surface area (Å²) in [4.78, 5) is 0. The van der Waals surface area contributed by atoms with Gasteiger partial charge in [-0.2, -0.15) is 5.26 Å². The fraction of sp³-hybridized carbons (Fsp3) is 0.533. The van der Waals surface area contributed by atoms with E-state index in [-0.39, 0.29) is 6.04 Å². The summed E-state index contributed by atoms with van der Waals surface area (Å²) in [5, 5.41) is 12.6. The maximum Gasteiger partial charge on any atom is 0.203 e. The van der Waals surface area contributed by atoms with Crippen molar-refractivity contribution in [2.45, 2.75) is 32.4 Å². The molecule has 0 aliphatic heterocycles. The molecule has 0 aromatic heterocycles. The molecule has 0 spiro atoms. The summed E-state index contributed by atoms with van der Waals surface area (Å²) in [6.45, 7) is 4.11. The maximum atomic E-state index is 9.35. The standard InChI is InChI=1S/C15H22N2O3/c1-6-10(2)17-12(9-16)11-7-13(18-3)15(20-5)14(8-11)19-4/h7-8,10,12,17H,6H2,1-5H3. The van der Waals surface area contributed by atoms with Crippen LogP contribution in [0.4, 0.5) is 0 Å². The van der Waals surface area contributed by atoms with E-state index in [0.29, 0.717) is 17.2 Å². The van der Waals surface area contributed by atoms with Crippen molar-refractivity contribution in [2.75, 3.05) is 21.3 Å². The molecule has 0 radical (unpaired) electrons. The van der Waals surface area contributed by atoms with E-state index in [0.717, 1.165) is 12.0 Å². The van der Waals surface area contributed by atoms with Gasteiger partial charge < -0.3 is 14.2 Å². The Morgan fingerprint density at radius 3 is 2.05 bits per heavy atom. The fourth-order valence-electron chi connectivity index (χ4n) is 1.88. The van der Waals surface area contributed by atoms with Crippen LogP contribution in [0.5, 0.6) is 17.2 Å². The molecule has 20 heavy (non-hydrogen) atoms. The summed E-state index contributed by atoms with van der Waals surface area (Å²) < 4.78 is 15.9. The molecule has 2 unspecified atom stereocenters. The fourth-order valence-corrected chi connectivity index (χ4v) is 1.88. The van der Waals surface area contributed by atoms with E-state index in [1.807, 2.05) is 6.92 Å². The molecule has 0 saturated carbocycles. The first-order valence-electron chi connectivity index (χ1n) is 6.56. The van der Waals surface area contributed by atoms with Crippen LogP contribution in [0.3, 0.4) is 0 Å². The van der Waals surface area contributed by atoms with Gasteiger partial charge in [-0.05, 0) is 31.0 Å². The number of benzene rings is 1. The second-order valence-electron chi connectivity index (χ2n) is 4.50. The molecule has 0 fully saturated rings. The predicted molar refractivity (Wildman–Crippen MR) is 77.3 cm³/mol. The molecule has 1 N–H and O–H groups in total. The van der Waals surface area contributed by atoms with Gasteiger partial charge >= 0.3 is 0 Å². The van der Waals surface area contributed by atoms with E-state index in [1.54, 1.807) is 33.5 Å². The molecule has 5 nitrogen and oxygen atoms in total. The maximum absolute atomic E-state index is 9.35. The Morgan fingerprint density at radius 2 is 1.70 bits per heavy atom. The second-order valence-corrected chi connectivity index (χ2v) is 4.50. The Kier molecular flexibility index (Phi) is 6.13. The van der Waals surface area contributed by atoms with Crippen LogP contribution in [0.25, 0.3) is 0 Å². The first kappa shape index (κ1) is 16.1. The minimum atomic E-state index is -0.418. The number of rotatable bonds is 7. The molecule has 1 rings (SSSR count). The van der Waals surface area contributed by atoms with Gasteiger partial charge in [0.25, 0.3) is 0 Å². The average molecular weight is 278 g/mol. The summed E-state index contributed by atoms with van der Waals surface area (Å²) in [7, 11) is 4.67. The lowest BCUT2D eigenvalue weighted by molar-refractivity contribution is 0.323. The topological polar surface area (TPSA) is 63.5 Å². The number of nitriles is 1. The summed E-state index contributed by atoms with van der Waals surface area (Å²) in [5.74, 6) is 1.63. The highest BCUT2D eigenvalue weighted by molar-refractivity contribution is 5.55. The molecule has 1 aromatic rings. The zero-order valence-corrected chi connectivity index (χ0v) is 12.7. The summed E-state index contributed by atoms with van der Waals surface area (Å²) in [5.41, 5.74) is 0.794. The number of hydrogen-bond acceptors (Lipinski definition) is 5. The van der Waals surface area contributed by atoms with Crippen LogP contribution in [-0.4, -0.2) is 27.4 Å². The van der Waals surface area contributed by atoms with E-state index in [4.69, 9.17) is 14.2 Å². The van der Waals surface area contributed by atoms with E-state index in [1.165, 1.54) is 0 Å². The average Bonchev–Trinajstić information content (AvgIpc) is 2.50. The van der Waals surface area contributed by atoms with Gasteiger partial charge in [-0.25, -0.2) is 0 Å². The Labute approximate surface area is 120 Å². The summed E-state index contributed by atoms with van der Waals surface area (Å²) in [6.07, 6.45) is 0.947. The molecule has 110 valence electrons. The zero-order valence-electron chi connectivity index (χ0n) is 12.7. The van der Waals surface area contributed by atoms with E-state index in [2.05, 4.69) is 18.3 Å². The summed E-state index contributed by atoms with van der Waals surface area (Å²) >= 11 is 0. The molecule has 0 aliphatic carbocycles. The SMILES string of the molecule is CCC(C)NC(C#N)c1cc(OC)c(OC)c(OC)c1. The number of methoxy groups -OCH3 is 3. The van der Waals surface area contributed by atoms with Gasteiger partial charge in [0, 0.05) is 6.04 Å². The van der Waals surface area contributed by atoms with Crippen molar-refractivity contribution in [3.8, 4) is 23.3 Å². The van der Waals surface area contributed by atoms with Crippen LogP contribution in [0.2, 0.25) is 0 Å². The van der Waals surface area contributed by atoms with E-state index < -0.39 is 6.04 Å². The first-order chi connectivity index (χ1) is 9.60. The third-order valence-corrected chi connectivity index (χ3v) is 3.21. The van der Waals surface area contributed by atoms with Gasteiger partial charge in [0.1, 0.15) is 6.04 Å². The Morgan fingerprint density at radius 1 is 1.15 bits per heavy atom. The van der Waals surface area contributed by atoms with Gasteiger partial charge in [0.2, 0.25) is 5.75 Å². The lowest BCUT2D eigenvalue weighted by Crippen LogP contribution is -2.29. The van der Waals surface area contributed by atoms with Crippen LogP contribution in [0.1, 0.15) is 31.9 Å². The molecular formula is C15H22N2O3. The Hall–Kier alpha value is -1.93. The third kappa shape index (κ3) is 3.55. The van der Waals surface area contributed by atoms with Gasteiger partial charge in [-0.3, -0.25) is 5.32 Å². The second kappa shape index (κ2) is 7.61. The van der Waals surface area contributed by atoms with Gasteiger partial charge in [-0.1, -0.05) is 6.92 Å². The van der Waals surface area contributed by atoms with Crippen molar-refractivity contribution in [1.82, 2.24) is 5.32 Å². The normalized spacial score (nSPS) is 13.2. The van der Waals surface area contributed by atoms with Crippen molar-refractivity contribution in [2.24, 2.45) is 0 Å². The lowest BCUT2D eigenvalue weighted by Gasteiger charge is -2.19. The minimum absolute atomic E-state index is 0.249. The number of ether oxygens (including phenoxy) is 3. The zero-order chi connectivity index (χ0) is 15.1. The first-order valence-corrected chi connectivity index (χ1v) is 6.56. The minimum Gasteiger partial charge on any atom is -0.493 e. The summed E-state index contributed by atoms with van der Waals surface area (Å²) in [6, 6.07) is 5.68. The van der Waals surface area contributed by atoms with Gasteiger partial charge in [0.15, 0.2) is 11.5 Å². The van der Waals surface area contributed by atoms with Crippen molar-refractivity contribution >= 4 is 0 Å². The molecular weight excluding hydrogens is 256 g/mol. The Bertz CT molecular complexity index is 457. The smallest absolute Gasteiger partial charge is 0.203 e.